The van der Waals surface area contributed by atoms with E-state index in [0.29, 0.717) is 30.2 Å². The Morgan fingerprint density at radius 1 is 1.43 bits per heavy atom. The van der Waals surface area contributed by atoms with Crippen LogP contribution in [0, 0.1) is 11.3 Å². The third kappa shape index (κ3) is 2.38. The van der Waals surface area contributed by atoms with Crippen LogP contribution in [0.15, 0.2) is 18.2 Å². The van der Waals surface area contributed by atoms with Gasteiger partial charge in [-0.2, -0.15) is 5.26 Å². The van der Waals surface area contributed by atoms with E-state index in [0.717, 1.165) is 0 Å². The average molecular weight is 192 g/mol. The monoisotopic (exact) mass is 192 g/mol. The molecular formula is C10H12N2O2. The van der Waals surface area contributed by atoms with Crippen LogP contribution in [0.4, 0.5) is 5.69 Å². The Morgan fingerprint density at radius 3 is 2.86 bits per heavy atom. The number of anilines is 1. The highest BCUT2D eigenvalue weighted by molar-refractivity contribution is 5.62. The highest BCUT2D eigenvalue weighted by atomic mass is 16.5. The molecule has 0 saturated carbocycles. The molecule has 1 aromatic rings. The van der Waals surface area contributed by atoms with Gasteiger partial charge in [-0.15, -0.1) is 0 Å². The van der Waals surface area contributed by atoms with Crippen molar-refractivity contribution < 1.29 is 9.47 Å². The van der Waals surface area contributed by atoms with Crippen LogP contribution in [-0.2, 0) is 4.74 Å². The summed E-state index contributed by atoms with van der Waals surface area (Å²) in [5.74, 6) is 0.529. The number of para-hydroxylation sites is 1. The van der Waals surface area contributed by atoms with Crippen molar-refractivity contribution in [1.29, 1.82) is 5.26 Å². The third-order valence-corrected chi connectivity index (χ3v) is 1.73. The van der Waals surface area contributed by atoms with Crippen molar-refractivity contribution >= 4 is 5.69 Å². The Labute approximate surface area is 82.9 Å². The summed E-state index contributed by atoms with van der Waals surface area (Å²) in [6.45, 7) is 0.922. The summed E-state index contributed by atoms with van der Waals surface area (Å²) in [5, 5.41) is 8.70. The van der Waals surface area contributed by atoms with Gasteiger partial charge in [0, 0.05) is 7.11 Å². The Kier molecular flexibility index (Phi) is 3.77. The zero-order chi connectivity index (χ0) is 10.4. The van der Waals surface area contributed by atoms with Crippen molar-refractivity contribution in [3.63, 3.8) is 0 Å². The summed E-state index contributed by atoms with van der Waals surface area (Å²) in [6, 6.07) is 7.10. The molecule has 0 heterocycles. The molecule has 0 spiro atoms. The maximum atomic E-state index is 8.70. The number of benzene rings is 1. The molecule has 0 aliphatic rings. The van der Waals surface area contributed by atoms with Gasteiger partial charge in [-0.05, 0) is 12.1 Å². The number of nitrogens with two attached hydrogens (primary N) is 1. The quantitative estimate of drug-likeness (QED) is 0.574. The van der Waals surface area contributed by atoms with Crippen molar-refractivity contribution in [1.82, 2.24) is 0 Å². The number of ether oxygens (including phenoxy) is 2. The standard InChI is InChI=1S/C10H12N2O2/c1-13-5-6-14-9-4-2-3-8(7-11)10(9)12/h2-4H,5-6,12H2,1H3. The first-order valence-corrected chi connectivity index (χ1v) is 4.20. The molecule has 74 valence electrons. The number of hydrogen-bond donors (Lipinski definition) is 1. The Balaban J connectivity index is 2.73. The molecule has 0 bridgehead atoms. The topological polar surface area (TPSA) is 68.3 Å². The van der Waals surface area contributed by atoms with Gasteiger partial charge in [-0.25, -0.2) is 0 Å². The zero-order valence-corrected chi connectivity index (χ0v) is 7.99. The van der Waals surface area contributed by atoms with Gasteiger partial charge in [-0.3, -0.25) is 0 Å². The molecule has 0 radical (unpaired) electrons. The van der Waals surface area contributed by atoms with Crippen molar-refractivity contribution in [3.8, 4) is 11.8 Å². The summed E-state index contributed by atoms with van der Waals surface area (Å²) in [6.07, 6.45) is 0. The summed E-state index contributed by atoms with van der Waals surface area (Å²) in [5.41, 5.74) is 6.50. The summed E-state index contributed by atoms with van der Waals surface area (Å²) < 4.78 is 10.1. The van der Waals surface area contributed by atoms with E-state index in [4.69, 9.17) is 20.5 Å². The molecule has 1 aromatic carbocycles. The van der Waals surface area contributed by atoms with Crippen molar-refractivity contribution in [2.75, 3.05) is 26.1 Å². The molecule has 4 nitrogen and oxygen atoms in total. The van der Waals surface area contributed by atoms with Gasteiger partial charge in [-0.1, -0.05) is 6.07 Å². The van der Waals surface area contributed by atoms with Gasteiger partial charge in [0.15, 0.2) is 0 Å². The first kappa shape index (κ1) is 10.4. The van der Waals surface area contributed by atoms with Gasteiger partial charge in [0.25, 0.3) is 0 Å². The van der Waals surface area contributed by atoms with Crippen LogP contribution in [0.5, 0.6) is 5.75 Å². The van der Waals surface area contributed by atoms with E-state index in [1.165, 1.54) is 0 Å². The number of nitrogens with zero attached hydrogens (tertiary/aromatic N) is 1. The largest absolute Gasteiger partial charge is 0.489 e. The van der Waals surface area contributed by atoms with Gasteiger partial charge in [0.2, 0.25) is 0 Å². The highest BCUT2D eigenvalue weighted by Crippen LogP contribution is 2.24. The van der Waals surface area contributed by atoms with Crippen LogP contribution < -0.4 is 10.5 Å². The summed E-state index contributed by atoms with van der Waals surface area (Å²) >= 11 is 0. The van der Waals surface area contributed by atoms with Gasteiger partial charge in [0.1, 0.15) is 18.4 Å². The Hall–Kier alpha value is -1.73. The van der Waals surface area contributed by atoms with Crippen molar-refractivity contribution in [2.45, 2.75) is 0 Å². The van der Waals surface area contributed by atoms with Gasteiger partial charge >= 0.3 is 0 Å². The molecule has 4 heteroatoms. The fraction of sp³-hybridized carbons (Fsp3) is 0.300. The molecular weight excluding hydrogens is 180 g/mol. The molecule has 2 N–H and O–H groups in total. The molecule has 0 amide bonds. The molecule has 14 heavy (non-hydrogen) atoms. The molecule has 0 aliphatic heterocycles. The molecule has 0 unspecified atom stereocenters. The predicted molar refractivity (Wildman–Crippen MR) is 52.9 cm³/mol. The molecule has 0 atom stereocenters. The van der Waals surface area contributed by atoms with Gasteiger partial charge in [0.05, 0.1) is 17.9 Å². The lowest BCUT2D eigenvalue weighted by atomic mass is 10.2. The number of rotatable bonds is 4. The normalized spacial score (nSPS) is 9.43. The summed E-state index contributed by atoms with van der Waals surface area (Å²) in [4.78, 5) is 0. The first-order chi connectivity index (χ1) is 6.79. The van der Waals surface area contributed by atoms with Crippen LogP contribution in [0.1, 0.15) is 5.56 Å². The third-order valence-electron chi connectivity index (χ3n) is 1.73. The van der Waals surface area contributed by atoms with E-state index in [1.807, 2.05) is 6.07 Å². The second-order valence-electron chi connectivity index (χ2n) is 2.67. The lowest BCUT2D eigenvalue weighted by Crippen LogP contribution is -2.06. The zero-order valence-electron chi connectivity index (χ0n) is 7.99. The van der Waals surface area contributed by atoms with E-state index in [9.17, 15) is 0 Å². The minimum Gasteiger partial charge on any atom is -0.489 e. The first-order valence-electron chi connectivity index (χ1n) is 4.20. The number of nitriles is 1. The maximum Gasteiger partial charge on any atom is 0.143 e. The van der Waals surface area contributed by atoms with E-state index in [-0.39, 0.29) is 0 Å². The van der Waals surface area contributed by atoms with E-state index < -0.39 is 0 Å². The lowest BCUT2D eigenvalue weighted by molar-refractivity contribution is 0.146. The molecule has 0 aromatic heterocycles. The fourth-order valence-electron chi connectivity index (χ4n) is 1.00. The number of methoxy groups -OCH3 is 1. The Bertz CT molecular complexity index is 344. The maximum absolute atomic E-state index is 8.70. The molecule has 0 aliphatic carbocycles. The van der Waals surface area contributed by atoms with E-state index in [1.54, 1.807) is 25.3 Å². The Morgan fingerprint density at radius 2 is 2.21 bits per heavy atom. The molecule has 0 fully saturated rings. The minimum atomic E-state index is 0.381. The molecule has 0 saturated heterocycles. The predicted octanol–water partition coefficient (Wildman–Crippen LogP) is 1.17. The molecule has 1 rings (SSSR count). The number of nitrogen functional groups attached to an aromatic ring is 1. The smallest absolute Gasteiger partial charge is 0.143 e. The van der Waals surface area contributed by atoms with Crippen LogP contribution in [0.3, 0.4) is 0 Å². The second kappa shape index (κ2) is 5.10. The fourth-order valence-corrected chi connectivity index (χ4v) is 1.00. The minimum absolute atomic E-state index is 0.381. The van der Waals surface area contributed by atoms with E-state index in [2.05, 4.69) is 0 Å². The van der Waals surface area contributed by atoms with E-state index >= 15 is 0 Å². The van der Waals surface area contributed by atoms with Crippen LogP contribution in [0.2, 0.25) is 0 Å². The van der Waals surface area contributed by atoms with Gasteiger partial charge < -0.3 is 15.2 Å². The highest BCUT2D eigenvalue weighted by Gasteiger charge is 2.04. The average Bonchev–Trinajstić information content (AvgIpc) is 2.21. The second-order valence-corrected chi connectivity index (χ2v) is 2.67. The number of hydrogen-bond acceptors (Lipinski definition) is 4. The SMILES string of the molecule is COCCOc1cccc(C#N)c1N. The van der Waals surface area contributed by atoms with Crippen molar-refractivity contribution in [3.05, 3.63) is 23.8 Å². The van der Waals surface area contributed by atoms with Crippen LogP contribution in [-0.4, -0.2) is 20.3 Å². The van der Waals surface area contributed by atoms with Crippen molar-refractivity contribution in [2.24, 2.45) is 0 Å². The van der Waals surface area contributed by atoms with Crippen LogP contribution in [0.25, 0.3) is 0 Å². The summed E-state index contributed by atoms with van der Waals surface area (Å²) in [7, 11) is 1.60. The van der Waals surface area contributed by atoms with Crippen LogP contribution >= 0.6 is 0 Å². The lowest BCUT2D eigenvalue weighted by Gasteiger charge is -2.08.